The average molecular weight is 247 g/mol. The molecule has 3 rings (SSSR count). The predicted octanol–water partition coefficient (Wildman–Crippen LogP) is 1.81. The fraction of sp³-hybridized carbons (Fsp3) is 0.643. The average Bonchev–Trinajstić information content (AvgIpc) is 3.10. The number of nitrogens with zero attached hydrogens (tertiary/aromatic N) is 3. The lowest BCUT2D eigenvalue weighted by Gasteiger charge is -2.28. The Morgan fingerprint density at radius 1 is 1.44 bits per heavy atom. The summed E-state index contributed by atoms with van der Waals surface area (Å²) in [5.41, 5.74) is 2.43. The second-order valence-electron chi connectivity index (χ2n) is 5.31. The molecule has 0 amide bonds. The van der Waals surface area contributed by atoms with Crippen molar-refractivity contribution in [3.63, 3.8) is 0 Å². The van der Waals surface area contributed by atoms with Gasteiger partial charge in [-0.15, -0.1) is 6.58 Å². The number of rotatable bonds is 6. The molecule has 1 fully saturated rings. The van der Waals surface area contributed by atoms with Gasteiger partial charge in [-0.1, -0.05) is 6.08 Å². The second-order valence-corrected chi connectivity index (χ2v) is 5.31. The molecule has 1 saturated carbocycles. The smallest absolute Gasteiger partial charge is 0.0953 e. The maximum atomic E-state index is 5.51. The van der Waals surface area contributed by atoms with E-state index in [1.54, 1.807) is 6.08 Å². The van der Waals surface area contributed by atoms with Gasteiger partial charge < -0.3 is 9.30 Å². The van der Waals surface area contributed by atoms with E-state index in [1.165, 1.54) is 25.1 Å². The molecule has 0 spiro atoms. The molecule has 1 aliphatic heterocycles. The highest BCUT2D eigenvalue weighted by Gasteiger charge is 2.27. The Balaban J connectivity index is 1.63. The first kappa shape index (κ1) is 11.9. The summed E-state index contributed by atoms with van der Waals surface area (Å²) in [7, 11) is 0. The van der Waals surface area contributed by atoms with Crippen molar-refractivity contribution in [2.75, 3.05) is 19.7 Å². The van der Waals surface area contributed by atoms with Gasteiger partial charge in [-0.3, -0.25) is 4.90 Å². The minimum absolute atomic E-state index is 0.595. The fourth-order valence-corrected chi connectivity index (χ4v) is 2.55. The third-order valence-corrected chi connectivity index (χ3v) is 3.75. The van der Waals surface area contributed by atoms with Crippen molar-refractivity contribution in [2.45, 2.75) is 32.5 Å². The third kappa shape index (κ3) is 2.65. The minimum Gasteiger partial charge on any atom is -0.371 e. The molecular formula is C14H21N3O. The van der Waals surface area contributed by atoms with Gasteiger partial charge in [-0.2, -0.15) is 0 Å². The highest BCUT2D eigenvalue weighted by Crippen LogP contribution is 2.31. The fourth-order valence-electron chi connectivity index (χ4n) is 2.55. The molecule has 2 aliphatic rings. The van der Waals surface area contributed by atoms with E-state index < -0.39 is 0 Å². The summed E-state index contributed by atoms with van der Waals surface area (Å²) in [5.74, 6) is 0.958. The number of imidazole rings is 1. The topological polar surface area (TPSA) is 30.3 Å². The zero-order chi connectivity index (χ0) is 12.4. The van der Waals surface area contributed by atoms with Gasteiger partial charge in [0.2, 0.25) is 0 Å². The minimum atomic E-state index is 0.595. The number of hydrogen-bond donors (Lipinski definition) is 0. The second kappa shape index (κ2) is 5.24. The number of fused-ring (bicyclic) bond motifs is 1. The SMILES string of the molecule is C=CCOCc1ncn2c1CN(CC1CC1)CC2. The maximum Gasteiger partial charge on any atom is 0.0953 e. The Hall–Kier alpha value is -1.13. The van der Waals surface area contributed by atoms with Gasteiger partial charge in [0, 0.05) is 26.2 Å². The molecule has 98 valence electrons. The molecule has 2 heterocycles. The van der Waals surface area contributed by atoms with E-state index in [9.17, 15) is 0 Å². The predicted molar refractivity (Wildman–Crippen MR) is 70.1 cm³/mol. The van der Waals surface area contributed by atoms with Gasteiger partial charge >= 0.3 is 0 Å². The third-order valence-electron chi connectivity index (χ3n) is 3.75. The van der Waals surface area contributed by atoms with Gasteiger partial charge in [0.05, 0.1) is 30.9 Å². The van der Waals surface area contributed by atoms with Crippen LogP contribution in [0, 0.1) is 5.92 Å². The molecule has 0 aromatic carbocycles. The van der Waals surface area contributed by atoms with Crippen LogP contribution in [-0.4, -0.2) is 34.1 Å². The van der Waals surface area contributed by atoms with Crippen LogP contribution in [0.5, 0.6) is 0 Å². The van der Waals surface area contributed by atoms with Crippen molar-refractivity contribution >= 4 is 0 Å². The molecule has 4 nitrogen and oxygen atoms in total. The normalized spacial score (nSPS) is 19.8. The van der Waals surface area contributed by atoms with E-state index in [4.69, 9.17) is 4.74 Å². The van der Waals surface area contributed by atoms with Crippen molar-refractivity contribution < 1.29 is 4.74 Å². The lowest BCUT2D eigenvalue weighted by Crippen LogP contribution is -2.35. The molecule has 0 unspecified atom stereocenters. The van der Waals surface area contributed by atoms with Crippen LogP contribution in [0.4, 0.5) is 0 Å². The van der Waals surface area contributed by atoms with Crippen LogP contribution in [0.1, 0.15) is 24.2 Å². The van der Waals surface area contributed by atoms with Crippen molar-refractivity contribution in [1.29, 1.82) is 0 Å². The highest BCUT2D eigenvalue weighted by molar-refractivity contribution is 5.14. The van der Waals surface area contributed by atoms with Crippen molar-refractivity contribution in [3.8, 4) is 0 Å². The summed E-state index contributed by atoms with van der Waals surface area (Å²) in [6.45, 7) is 9.38. The standard InChI is InChI=1S/C14H21N3O/c1-2-7-18-10-13-14-9-16(8-12-3-4-12)5-6-17(14)11-15-13/h2,11-12H,1,3-10H2. The van der Waals surface area contributed by atoms with Crippen LogP contribution in [0.15, 0.2) is 19.0 Å². The molecule has 0 radical (unpaired) electrons. The van der Waals surface area contributed by atoms with Crippen LogP contribution < -0.4 is 0 Å². The van der Waals surface area contributed by atoms with Gasteiger partial charge in [0.1, 0.15) is 0 Å². The van der Waals surface area contributed by atoms with Crippen molar-refractivity contribution in [2.24, 2.45) is 5.92 Å². The highest BCUT2D eigenvalue weighted by atomic mass is 16.5. The Kier molecular flexibility index (Phi) is 3.48. The summed E-state index contributed by atoms with van der Waals surface area (Å²) in [4.78, 5) is 7.04. The molecule has 0 saturated heterocycles. The molecule has 0 N–H and O–H groups in total. The first-order chi connectivity index (χ1) is 8.86. The Labute approximate surface area is 108 Å². The maximum absolute atomic E-state index is 5.51. The van der Waals surface area contributed by atoms with Crippen LogP contribution in [-0.2, 0) is 24.4 Å². The van der Waals surface area contributed by atoms with Gasteiger partial charge in [0.15, 0.2) is 0 Å². The molecule has 18 heavy (non-hydrogen) atoms. The van der Waals surface area contributed by atoms with Crippen LogP contribution in [0.3, 0.4) is 0 Å². The lowest BCUT2D eigenvalue weighted by atomic mass is 10.2. The van der Waals surface area contributed by atoms with Crippen LogP contribution in [0.25, 0.3) is 0 Å². The molecule has 1 aliphatic carbocycles. The number of aromatic nitrogens is 2. The van der Waals surface area contributed by atoms with Gasteiger partial charge in [0.25, 0.3) is 0 Å². The summed E-state index contributed by atoms with van der Waals surface area (Å²) >= 11 is 0. The van der Waals surface area contributed by atoms with Crippen LogP contribution in [0.2, 0.25) is 0 Å². The Morgan fingerprint density at radius 3 is 3.11 bits per heavy atom. The largest absolute Gasteiger partial charge is 0.371 e. The van der Waals surface area contributed by atoms with Gasteiger partial charge in [-0.05, 0) is 18.8 Å². The molecule has 4 heteroatoms. The van der Waals surface area contributed by atoms with Crippen molar-refractivity contribution in [3.05, 3.63) is 30.4 Å². The zero-order valence-corrected chi connectivity index (χ0v) is 10.8. The monoisotopic (exact) mass is 247 g/mol. The molecule has 0 atom stereocenters. The number of ether oxygens (including phenoxy) is 1. The van der Waals surface area contributed by atoms with E-state index >= 15 is 0 Å². The number of hydrogen-bond acceptors (Lipinski definition) is 3. The van der Waals surface area contributed by atoms with Gasteiger partial charge in [-0.25, -0.2) is 4.98 Å². The van der Waals surface area contributed by atoms with E-state index in [2.05, 4.69) is 21.0 Å². The summed E-state index contributed by atoms with van der Waals surface area (Å²) in [6.07, 6.45) is 6.58. The molecule has 0 bridgehead atoms. The van der Waals surface area contributed by atoms with E-state index in [1.807, 2.05) is 6.33 Å². The molecular weight excluding hydrogens is 226 g/mol. The van der Waals surface area contributed by atoms with E-state index in [0.717, 1.165) is 31.2 Å². The zero-order valence-electron chi connectivity index (χ0n) is 10.8. The molecule has 1 aromatic rings. The van der Waals surface area contributed by atoms with E-state index in [-0.39, 0.29) is 0 Å². The Morgan fingerprint density at radius 2 is 2.33 bits per heavy atom. The summed E-state index contributed by atoms with van der Waals surface area (Å²) in [6, 6.07) is 0. The first-order valence-electron chi connectivity index (χ1n) is 6.80. The Bertz CT molecular complexity index is 423. The van der Waals surface area contributed by atoms with Crippen molar-refractivity contribution in [1.82, 2.24) is 14.5 Å². The summed E-state index contributed by atoms with van der Waals surface area (Å²) < 4.78 is 7.78. The summed E-state index contributed by atoms with van der Waals surface area (Å²) in [5, 5.41) is 0. The van der Waals surface area contributed by atoms with Crippen LogP contribution >= 0.6 is 0 Å². The quantitative estimate of drug-likeness (QED) is 0.567. The van der Waals surface area contributed by atoms with E-state index in [0.29, 0.717) is 13.2 Å². The molecule has 1 aromatic heterocycles. The first-order valence-corrected chi connectivity index (χ1v) is 6.80. The lowest BCUT2D eigenvalue weighted by molar-refractivity contribution is 0.142.